The number of hydrogen-bond donors (Lipinski definition) is 0. The van der Waals surface area contributed by atoms with E-state index in [-0.39, 0.29) is 18.6 Å². The van der Waals surface area contributed by atoms with Crippen LogP contribution < -0.4 is 4.74 Å². The van der Waals surface area contributed by atoms with Crippen LogP contribution in [0.15, 0.2) is 17.0 Å². The van der Waals surface area contributed by atoms with Crippen molar-refractivity contribution in [3.05, 3.63) is 23.3 Å². The zero-order valence-electron chi connectivity index (χ0n) is 14.5. The van der Waals surface area contributed by atoms with Gasteiger partial charge in [-0.05, 0) is 55.1 Å². The zero-order chi connectivity index (χ0) is 17.6. The first-order valence-electron chi connectivity index (χ1n) is 7.53. The van der Waals surface area contributed by atoms with Crippen LogP contribution in [-0.2, 0) is 14.9 Å². The van der Waals surface area contributed by atoms with E-state index < -0.39 is 11.5 Å². The lowest BCUT2D eigenvalue weighted by Crippen LogP contribution is -2.15. The van der Waals surface area contributed by atoms with Crippen LogP contribution in [0.25, 0.3) is 0 Å². The number of thioether (sulfide) groups is 1. The molecule has 0 N–H and O–H groups in total. The van der Waals surface area contributed by atoms with E-state index in [0.29, 0.717) is 10.6 Å². The third kappa shape index (κ3) is 5.78. The summed E-state index contributed by atoms with van der Waals surface area (Å²) in [5.74, 6) is 0.328. The van der Waals surface area contributed by atoms with Gasteiger partial charge in [-0.15, -0.1) is 0 Å². The van der Waals surface area contributed by atoms with Gasteiger partial charge in [-0.3, -0.25) is 0 Å². The maximum absolute atomic E-state index is 11.8. The molecule has 0 bridgehead atoms. The van der Waals surface area contributed by atoms with Crippen LogP contribution in [0.5, 0.6) is 5.75 Å². The van der Waals surface area contributed by atoms with Crippen molar-refractivity contribution in [1.82, 2.24) is 0 Å². The summed E-state index contributed by atoms with van der Waals surface area (Å²) >= 11 is 0.905. The fourth-order valence-electron chi connectivity index (χ4n) is 1.85. The van der Waals surface area contributed by atoms with Crippen LogP contribution in [0.3, 0.4) is 0 Å². The minimum Gasteiger partial charge on any atom is -0.458 e. The van der Waals surface area contributed by atoms with Crippen LogP contribution in [0.4, 0.5) is 9.59 Å². The lowest BCUT2D eigenvalue weighted by molar-refractivity contribution is 0.103. The normalized spacial score (nSPS) is 11.0. The van der Waals surface area contributed by atoms with Gasteiger partial charge in [-0.25, -0.2) is 9.59 Å². The van der Waals surface area contributed by atoms with E-state index in [4.69, 9.17) is 14.2 Å². The van der Waals surface area contributed by atoms with Crippen molar-refractivity contribution in [3.63, 3.8) is 0 Å². The van der Waals surface area contributed by atoms with E-state index in [9.17, 15) is 9.59 Å². The summed E-state index contributed by atoms with van der Waals surface area (Å²) in [5, 5.41) is -0.438. The van der Waals surface area contributed by atoms with Gasteiger partial charge in [0.2, 0.25) is 0 Å². The van der Waals surface area contributed by atoms with E-state index >= 15 is 0 Å². The van der Waals surface area contributed by atoms with Crippen molar-refractivity contribution in [1.29, 1.82) is 0 Å². The zero-order valence-corrected chi connectivity index (χ0v) is 15.3. The molecule has 0 saturated heterocycles. The average Bonchev–Trinajstić information content (AvgIpc) is 2.41. The topological polar surface area (TPSA) is 61.8 Å². The van der Waals surface area contributed by atoms with Crippen molar-refractivity contribution in [2.75, 3.05) is 13.2 Å². The van der Waals surface area contributed by atoms with E-state index in [0.717, 1.165) is 22.9 Å². The minimum absolute atomic E-state index is 0.100. The number of carbonyl (C=O) groups is 2. The number of aryl methyl sites for hydroxylation is 1. The van der Waals surface area contributed by atoms with Gasteiger partial charge in [0.15, 0.2) is 5.75 Å². The Labute approximate surface area is 141 Å². The highest BCUT2D eigenvalue weighted by Gasteiger charge is 2.22. The van der Waals surface area contributed by atoms with Crippen molar-refractivity contribution >= 4 is 23.2 Å². The molecule has 1 aromatic rings. The van der Waals surface area contributed by atoms with E-state index in [1.165, 1.54) is 0 Å². The van der Waals surface area contributed by atoms with Crippen LogP contribution >= 0.6 is 11.8 Å². The summed E-state index contributed by atoms with van der Waals surface area (Å²) in [6, 6.07) is 3.80. The molecule has 0 radical (unpaired) electrons. The van der Waals surface area contributed by atoms with Gasteiger partial charge in [0, 0.05) is 0 Å². The fourth-order valence-corrected chi connectivity index (χ4v) is 2.69. The molecule has 0 heterocycles. The van der Waals surface area contributed by atoms with Crippen LogP contribution in [0, 0.1) is 6.92 Å². The van der Waals surface area contributed by atoms with Gasteiger partial charge < -0.3 is 14.2 Å². The Balaban J connectivity index is 3.24. The monoisotopic (exact) mass is 340 g/mol. The third-order valence-electron chi connectivity index (χ3n) is 3.01. The molecule has 0 fully saturated rings. The van der Waals surface area contributed by atoms with Crippen LogP contribution in [0.1, 0.15) is 45.7 Å². The molecular formula is C17H24O5S. The Hall–Kier alpha value is -1.69. The first kappa shape index (κ1) is 19.4. The summed E-state index contributed by atoms with van der Waals surface area (Å²) in [4.78, 5) is 24.0. The second-order valence-corrected chi connectivity index (χ2v) is 6.92. The van der Waals surface area contributed by atoms with Gasteiger partial charge in [-0.2, -0.15) is 0 Å². The third-order valence-corrected chi connectivity index (χ3v) is 3.82. The summed E-state index contributed by atoms with van der Waals surface area (Å²) < 4.78 is 15.1. The Morgan fingerprint density at radius 1 is 1.09 bits per heavy atom. The molecule has 0 saturated carbocycles. The quantitative estimate of drug-likeness (QED) is 0.433. The Bertz CT molecular complexity index is 575. The number of ether oxygens (including phenoxy) is 3. The fraction of sp³-hybridized carbons (Fsp3) is 0.529. The van der Waals surface area contributed by atoms with Gasteiger partial charge >= 0.3 is 11.5 Å². The summed E-state index contributed by atoms with van der Waals surface area (Å²) in [6.07, 6.45) is -0.787. The first-order chi connectivity index (χ1) is 10.7. The predicted molar refractivity (Wildman–Crippen MR) is 90.4 cm³/mol. The molecule has 128 valence electrons. The van der Waals surface area contributed by atoms with Crippen LogP contribution in [-0.4, -0.2) is 24.7 Å². The Morgan fingerprint density at radius 2 is 1.70 bits per heavy atom. The van der Waals surface area contributed by atoms with E-state index in [1.807, 2.05) is 19.1 Å². The smallest absolute Gasteiger partial charge is 0.458 e. The first-order valence-corrected chi connectivity index (χ1v) is 8.35. The highest BCUT2D eigenvalue weighted by atomic mass is 32.2. The average molecular weight is 340 g/mol. The molecule has 0 aliphatic carbocycles. The molecule has 1 aromatic carbocycles. The molecule has 23 heavy (non-hydrogen) atoms. The van der Waals surface area contributed by atoms with Gasteiger partial charge in [0.25, 0.3) is 0 Å². The second kappa shape index (κ2) is 8.24. The van der Waals surface area contributed by atoms with Gasteiger partial charge in [0.05, 0.1) is 18.1 Å². The van der Waals surface area contributed by atoms with Gasteiger partial charge in [0.1, 0.15) is 0 Å². The highest BCUT2D eigenvalue weighted by molar-refractivity contribution is 8.13. The molecule has 1 rings (SSSR count). The van der Waals surface area contributed by atoms with E-state index in [2.05, 4.69) is 20.8 Å². The van der Waals surface area contributed by atoms with Crippen molar-refractivity contribution in [2.45, 2.75) is 51.9 Å². The molecular weight excluding hydrogens is 316 g/mol. The van der Waals surface area contributed by atoms with Crippen molar-refractivity contribution in [3.8, 4) is 5.75 Å². The lowest BCUT2D eigenvalue weighted by Gasteiger charge is -2.22. The van der Waals surface area contributed by atoms with Gasteiger partial charge in [-0.1, -0.05) is 26.8 Å². The maximum atomic E-state index is 11.8. The molecule has 0 amide bonds. The molecule has 5 nitrogen and oxygen atoms in total. The summed E-state index contributed by atoms with van der Waals surface area (Å²) in [6.45, 7) is 12.0. The largest absolute Gasteiger partial charge is 0.513 e. The SMILES string of the molecule is CCOC(=O)Oc1c(C)cc(C(C)(C)C)cc1SC(=O)OCC. The molecule has 0 unspecified atom stereocenters. The second-order valence-electron chi connectivity index (χ2n) is 5.94. The molecule has 0 spiro atoms. The standard InChI is InChI=1S/C17H24O5S/c1-7-20-15(18)22-14-11(3)9-12(17(4,5)6)10-13(14)23-16(19)21-8-2/h9-10H,7-8H2,1-6H3. The molecule has 0 aromatic heterocycles. The van der Waals surface area contributed by atoms with Crippen molar-refractivity contribution < 1.29 is 23.8 Å². The molecule has 0 atom stereocenters. The highest BCUT2D eigenvalue weighted by Crippen LogP contribution is 2.38. The molecule has 6 heteroatoms. The van der Waals surface area contributed by atoms with E-state index in [1.54, 1.807) is 13.8 Å². The number of benzene rings is 1. The Kier molecular flexibility index (Phi) is 6.94. The lowest BCUT2D eigenvalue weighted by atomic mass is 9.86. The number of carbonyl (C=O) groups excluding carboxylic acids is 2. The summed E-state index contributed by atoms with van der Waals surface area (Å²) in [5.41, 5.74) is 1.70. The number of rotatable bonds is 4. The van der Waals surface area contributed by atoms with Crippen LogP contribution in [0.2, 0.25) is 0 Å². The predicted octanol–water partition coefficient (Wildman–Crippen LogP) is 5.08. The molecule has 0 aliphatic rings. The molecule has 0 aliphatic heterocycles. The minimum atomic E-state index is -0.787. The summed E-state index contributed by atoms with van der Waals surface area (Å²) in [7, 11) is 0. The maximum Gasteiger partial charge on any atom is 0.513 e. The Morgan fingerprint density at radius 3 is 2.22 bits per heavy atom. The van der Waals surface area contributed by atoms with Crippen molar-refractivity contribution in [2.24, 2.45) is 0 Å². The number of hydrogen-bond acceptors (Lipinski definition) is 6.